The van der Waals surface area contributed by atoms with Crippen LogP contribution in [0.4, 0.5) is 5.13 Å². The first-order chi connectivity index (χ1) is 11.2. The topological polar surface area (TPSA) is 64.1 Å². The van der Waals surface area contributed by atoms with Crippen molar-refractivity contribution in [2.24, 2.45) is 0 Å². The highest BCUT2D eigenvalue weighted by atomic mass is 32.1. The van der Waals surface area contributed by atoms with Gasteiger partial charge in [-0.15, -0.1) is 10.2 Å². The van der Waals surface area contributed by atoms with Gasteiger partial charge in [0.1, 0.15) is 10.8 Å². The molecule has 1 N–H and O–H groups in total. The molecular weight excluding hydrogens is 310 g/mol. The molecule has 0 aliphatic rings. The summed E-state index contributed by atoms with van der Waals surface area (Å²) in [5.41, 5.74) is 2.63. The number of benzene rings is 2. The molecule has 3 aromatic rings. The summed E-state index contributed by atoms with van der Waals surface area (Å²) in [6, 6.07) is 14.9. The molecule has 5 nitrogen and oxygen atoms in total. The Bertz CT molecular complexity index is 811. The van der Waals surface area contributed by atoms with Crippen LogP contribution >= 0.6 is 11.3 Å². The van der Waals surface area contributed by atoms with E-state index in [9.17, 15) is 4.79 Å². The van der Waals surface area contributed by atoms with E-state index < -0.39 is 0 Å². The van der Waals surface area contributed by atoms with Gasteiger partial charge in [-0.2, -0.15) is 0 Å². The van der Waals surface area contributed by atoms with Gasteiger partial charge in [-0.05, 0) is 43.3 Å². The second-order valence-corrected chi connectivity index (χ2v) is 5.94. The summed E-state index contributed by atoms with van der Waals surface area (Å²) in [5.74, 6) is 0.591. The van der Waals surface area contributed by atoms with E-state index in [0.29, 0.717) is 10.7 Å². The molecule has 0 atom stereocenters. The van der Waals surface area contributed by atoms with Crippen molar-refractivity contribution in [3.8, 4) is 16.3 Å². The van der Waals surface area contributed by atoms with Gasteiger partial charge in [-0.25, -0.2) is 0 Å². The first kappa shape index (κ1) is 15.2. The smallest absolute Gasteiger partial charge is 0.257 e. The predicted octanol–water partition coefficient (Wildman–Crippen LogP) is 3.77. The monoisotopic (exact) mass is 325 g/mol. The number of nitrogens with one attached hydrogen (secondary N) is 1. The van der Waals surface area contributed by atoms with E-state index in [-0.39, 0.29) is 5.91 Å². The van der Waals surface area contributed by atoms with Gasteiger partial charge in [0.05, 0.1) is 7.11 Å². The Hall–Kier alpha value is -2.73. The third-order valence-corrected chi connectivity index (χ3v) is 4.18. The molecule has 0 bridgehead atoms. The molecule has 23 heavy (non-hydrogen) atoms. The highest BCUT2D eigenvalue weighted by Gasteiger charge is 2.11. The van der Waals surface area contributed by atoms with Gasteiger partial charge in [0.2, 0.25) is 5.13 Å². The number of hydrogen-bond acceptors (Lipinski definition) is 5. The molecule has 1 amide bonds. The highest BCUT2D eigenvalue weighted by Crippen LogP contribution is 2.27. The van der Waals surface area contributed by atoms with Gasteiger partial charge in [-0.3, -0.25) is 10.1 Å². The summed E-state index contributed by atoms with van der Waals surface area (Å²) >= 11 is 1.33. The third-order valence-electron chi connectivity index (χ3n) is 3.30. The number of carbonyl (C=O) groups is 1. The average molecular weight is 325 g/mol. The van der Waals surface area contributed by atoms with Crippen LogP contribution in [-0.2, 0) is 0 Å². The van der Waals surface area contributed by atoms with Crippen LogP contribution in [0.25, 0.3) is 10.6 Å². The molecule has 0 aliphatic carbocycles. The average Bonchev–Trinajstić information content (AvgIpc) is 3.04. The van der Waals surface area contributed by atoms with Crippen LogP contribution in [0.3, 0.4) is 0 Å². The first-order valence-electron chi connectivity index (χ1n) is 7.01. The number of aromatic nitrogens is 2. The molecule has 0 unspecified atom stereocenters. The molecule has 1 heterocycles. The molecule has 1 aromatic heterocycles. The first-order valence-corrected chi connectivity index (χ1v) is 7.83. The summed E-state index contributed by atoms with van der Waals surface area (Å²) in [6.07, 6.45) is 0. The fourth-order valence-electron chi connectivity index (χ4n) is 2.00. The van der Waals surface area contributed by atoms with E-state index >= 15 is 0 Å². The number of amides is 1. The van der Waals surface area contributed by atoms with Crippen molar-refractivity contribution in [2.45, 2.75) is 6.92 Å². The molecule has 116 valence electrons. The van der Waals surface area contributed by atoms with Crippen LogP contribution < -0.4 is 10.1 Å². The van der Waals surface area contributed by atoms with Gasteiger partial charge >= 0.3 is 0 Å². The Morgan fingerprint density at radius 2 is 1.74 bits per heavy atom. The molecule has 0 radical (unpaired) electrons. The molecule has 0 saturated carbocycles. The zero-order valence-electron chi connectivity index (χ0n) is 12.7. The standard InChI is InChI=1S/C17H15N3O2S/c1-11-3-5-12(6-4-11)15(21)18-17-20-19-16(23-17)13-7-9-14(22-2)10-8-13/h3-10H,1-2H3,(H,18,20,21). The highest BCUT2D eigenvalue weighted by molar-refractivity contribution is 7.18. The normalized spacial score (nSPS) is 10.3. The summed E-state index contributed by atoms with van der Waals surface area (Å²) in [6.45, 7) is 1.98. The second-order valence-electron chi connectivity index (χ2n) is 4.96. The van der Waals surface area contributed by atoms with Gasteiger partial charge in [0.15, 0.2) is 0 Å². The van der Waals surface area contributed by atoms with Crippen LogP contribution in [0.5, 0.6) is 5.75 Å². The number of methoxy groups -OCH3 is 1. The van der Waals surface area contributed by atoms with E-state index in [4.69, 9.17) is 4.74 Å². The molecule has 0 saturated heterocycles. The predicted molar refractivity (Wildman–Crippen MR) is 91.0 cm³/mol. The van der Waals surface area contributed by atoms with E-state index in [1.807, 2.05) is 43.3 Å². The molecule has 0 aliphatic heterocycles. The van der Waals surface area contributed by atoms with Gasteiger partial charge in [0, 0.05) is 11.1 Å². The van der Waals surface area contributed by atoms with Crippen molar-refractivity contribution in [3.05, 3.63) is 59.7 Å². The van der Waals surface area contributed by atoms with Crippen molar-refractivity contribution in [3.63, 3.8) is 0 Å². The second kappa shape index (κ2) is 6.58. The molecule has 3 rings (SSSR count). The maximum absolute atomic E-state index is 12.2. The Morgan fingerprint density at radius 3 is 2.39 bits per heavy atom. The number of rotatable bonds is 4. The Labute approximate surface area is 138 Å². The molecule has 6 heteroatoms. The molecular formula is C17H15N3O2S. The number of nitrogens with zero attached hydrogens (tertiary/aromatic N) is 2. The van der Waals surface area contributed by atoms with Gasteiger partial charge in [-0.1, -0.05) is 29.0 Å². The minimum absolute atomic E-state index is 0.192. The lowest BCUT2D eigenvalue weighted by Crippen LogP contribution is -2.11. The zero-order valence-corrected chi connectivity index (χ0v) is 13.6. The van der Waals surface area contributed by atoms with Crippen LogP contribution in [0.1, 0.15) is 15.9 Å². The van der Waals surface area contributed by atoms with E-state index in [0.717, 1.165) is 21.9 Å². The zero-order chi connectivity index (χ0) is 16.2. The SMILES string of the molecule is COc1ccc(-c2nnc(NC(=O)c3ccc(C)cc3)s2)cc1. The maximum atomic E-state index is 12.2. The number of anilines is 1. The summed E-state index contributed by atoms with van der Waals surface area (Å²) < 4.78 is 5.13. The number of ether oxygens (including phenoxy) is 1. The van der Waals surface area contributed by atoms with Crippen LogP contribution in [0, 0.1) is 6.92 Å². The Kier molecular flexibility index (Phi) is 4.34. The van der Waals surface area contributed by atoms with Crippen molar-refractivity contribution in [2.75, 3.05) is 12.4 Å². The quantitative estimate of drug-likeness (QED) is 0.793. The molecule has 2 aromatic carbocycles. The lowest BCUT2D eigenvalue weighted by atomic mass is 10.1. The lowest BCUT2D eigenvalue weighted by Gasteiger charge is -2.01. The summed E-state index contributed by atoms with van der Waals surface area (Å²) in [4.78, 5) is 12.2. The fraction of sp³-hybridized carbons (Fsp3) is 0.118. The van der Waals surface area contributed by atoms with Crippen molar-refractivity contribution in [1.82, 2.24) is 10.2 Å². The minimum atomic E-state index is -0.192. The largest absolute Gasteiger partial charge is 0.497 e. The van der Waals surface area contributed by atoms with Crippen LogP contribution in [0.15, 0.2) is 48.5 Å². The van der Waals surface area contributed by atoms with Crippen molar-refractivity contribution >= 4 is 22.4 Å². The van der Waals surface area contributed by atoms with Crippen LogP contribution in [0.2, 0.25) is 0 Å². The lowest BCUT2D eigenvalue weighted by molar-refractivity contribution is 0.102. The van der Waals surface area contributed by atoms with E-state index in [1.165, 1.54) is 11.3 Å². The van der Waals surface area contributed by atoms with Crippen molar-refractivity contribution < 1.29 is 9.53 Å². The Balaban J connectivity index is 1.73. The maximum Gasteiger partial charge on any atom is 0.257 e. The summed E-state index contributed by atoms with van der Waals surface area (Å²) in [5, 5.41) is 12.1. The van der Waals surface area contributed by atoms with E-state index in [1.54, 1.807) is 19.2 Å². The third kappa shape index (κ3) is 3.54. The van der Waals surface area contributed by atoms with E-state index in [2.05, 4.69) is 15.5 Å². The van der Waals surface area contributed by atoms with Gasteiger partial charge < -0.3 is 4.74 Å². The Morgan fingerprint density at radius 1 is 1.04 bits per heavy atom. The molecule has 0 spiro atoms. The number of hydrogen-bond donors (Lipinski definition) is 1. The summed E-state index contributed by atoms with van der Waals surface area (Å²) in [7, 11) is 1.62. The van der Waals surface area contributed by atoms with Crippen molar-refractivity contribution in [1.29, 1.82) is 0 Å². The minimum Gasteiger partial charge on any atom is -0.497 e. The molecule has 0 fully saturated rings. The van der Waals surface area contributed by atoms with Gasteiger partial charge in [0.25, 0.3) is 5.91 Å². The fourth-order valence-corrected chi connectivity index (χ4v) is 2.74. The van der Waals surface area contributed by atoms with Crippen LogP contribution in [-0.4, -0.2) is 23.2 Å². The number of aryl methyl sites for hydroxylation is 1. The number of carbonyl (C=O) groups excluding carboxylic acids is 1.